The summed E-state index contributed by atoms with van der Waals surface area (Å²) < 4.78 is 1.45. The monoisotopic (exact) mass is 481 g/mol. The highest BCUT2D eigenvalue weighted by Gasteiger charge is 2.20. The van der Waals surface area contributed by atoms with E-state index < -0.39 is 16.7 Å². The number of carbonyl (C=O) groups excluding carboxylic acids is 2. The van der Waals surface area contributed by atoms with Gasteiger partial charge in [0, 0.05) is 22.7 Å². The van der Waals surface area contributed by atoms with Gasteiger partial charge in [0.15, 0.2) is 9.47 Å². The van der Waals surface area contributed by atoms with Crippen LogP contribution < -0.4 is 11.1 Å². The molecule has 1 aromatic carbocycles. The summed E-state index contributed by atoms with van der Waals surface area (Å²) >= 11 is 5.04. The molecule has 156 valence electrons. The number of anilines is 1. The maximum atomic E-state index is 12.6. The number of hydrogen-bond donors (Lipinski definition) is 2. The van der Waals surface area contributed by atoms with Crippen LogP contribution in [0.3, 0.4) is 0 Å². The van der Waals surface area contributed by atoms with Gasteiger partial charge in [-0.15, -0.1) is 23.1 Å². The zero-order chi connectivity index (χ0) is 21.8. The van der Waals surface area contributed by atoms with Crippen LogP contribution >= 0.6 is 46.2 Å². The van der Waals surface area contributed by atoms with Gasteiger partial charge in [-0.25, -0.2) is 9.97 Å². The second kappa shape index (κ2) is 9.55. The Morgan fingerprint density at radius 1 is 1.30 bits per heavy atom. The van der Waals surface area contributed by atoms with Gasteiger partial charge >= 0.3 is 0 Å². The largest absolute Gasteiger partial charge is 0.369 e. The maximum absolute atomic E-state index is 12.6. The van der Waals surface area contributed by atoms with Gasteiger partial charge in [0.25, 0.3) is 11.6 Å². The van der Waals surface area contributed by atoms with Crippen LogP contribution in [-0.4, -0.2) is 32.5 Å². The fraction of sp³-hybridized carbons (Fsp3) is 0.176. The second-order valence-electron chi connectivity index (χ2n) is 5.90. The van der Waals surface area contributed by atoms with Crippen molar-refractivity contribution in [3.05, 3.63) is 50.6 Å². The van der Waals surface area contributed by atoms with Crippen molar-refractivity contribution < 1.29 is 14.5 Å². The molecule has 0 atom stereocenters. The summed E-state index contributed by atoms with van der Waals surface area (Å²) in [4.78, 5) is 43.5. The van der Waals surface area contributed by atoms with Crippen LogP contribution in [0.25, 0.3) is 0 Å². The molecule has 0 bridgehead atoms. The number of nitro groups is 1. The Balaban J connectivity index is 1.77. The number of benzene rings is 1. The first-order valence-electron chi connectivity index (χ1n) is 8.31. The molecule has 0 radical (unpaired) electrons. The molecule has 2 aromatic heterocycles. The van der Waals surface area contributed by atoms with Crippen molar-refractivity contribution >= 4 is 68.8 Å². The number of amides is 2. The number of carbonyl (C=O) groups is 2. The molecular weight excluding hydrogens is 466 g/mol. The third-order valence-corrected chi connectivity index (χ3v) is 8.11. The summed E-state index contributed by atoms with van der Waals surface area (Å²) in [5.74, 6) is -0.850. The number of nitro benzene ring substituents is 1. The van der Waals surface area contributed by atoms with Gasteiger partial charge < -0.3 is 5.73 Å². The van der Waals surface area contributed by atoms with Gasteiger partial charge in [0.05, 0.1) is 25.5 Å². The SMILES string of the molecule is Cc1csc(Sc2ccc(C(=O)Nc3nc(C)c(SCC(N)=O)s3)cc2[N+](=O)[O-])n1. The third kappa shape index (κ3) is 5.56. The van der Waals surface area contributed by atoms with Crippen molar-refractivity contribution in [2.24, 2.45) is 5.73 Å². The van der Waals surface area contributed by atoms with Crippen LogP contribution in [0.1, 0.15) is 21.7 Å². The lowest BCUT2D eigenvalue weighted by Gasteiger charge is -2.05. The van der Waals surface area contributed by atoms with Crippen molar-refractivity contribution in [3.8, 4) is 0 Å². The molecule has 0 saturated carbocycles. The minimum Gasteiger partial charge on any atom is -0.369 e. The Kier molecular flexibility index (Phi) is 7.07. The average Bonchev–Trinajstić information content (AvgIpc) is 3.24. The second-order valence-corrected chi connectivity index (χ2v) is 10.3. The van der Waals surface area contributed by atoms with E-state index in [1.807, 2.05) is 12.3 Å². The fourth-order valence-corrected chi connectivity index (χ4v) is 5.99. The zero-order valence-electron chi connectivity index (χ0n) is 15.7. The maximum Gasteiger partial charge on any atom is 0.284 e. The molecule has 9 nitrogen and oxygen atoms in total. The number of hydrogen-bond acceptors (Lipinski definition) is 10. The number of nitrogens with zero attached hydrogens (tertiary/aromatic N) is 3. The van der Waals surface area contributed by atoms with Crippen LogP contribution in [0, 0.1) is 24.0 Å². The summed E-state index contributed by atoms with van der Waals surface area (Å²) in [5.41, 5.74) is 6.62. The smallest absolute Gasteiger partial charge is 0.284 e. The quantitative estimate of drug-likeness (QED) is 0.278. The van der Waals surface area contributed by atoms with Crippen molar-refractivity contribution in [2.45, 2.75) is 27.3 Å². The summed E-state index contributed by atoms with van der Waals surface area (Å²) in [6, 6.07) is 4.30. The Bertz CT molecular complexity index is 1130. The molecule has 3 aromatic rings. The molecule has 2 heterocycles. The highest BCUT2D eigenvalue weighted by molar-refractivity contribution is 8.02. The van der Waals surface area contributed by atoms with Crippen molar-refractivity contribution in [1.29, 1.82) is 0 Å². The Morgan fingerprint density at radius 2 is 2.07 bits per heavy atom. The predicted molar refractivity (Wildman–Crippen MR) is 119 cm³/mol. The molecule has 13 heteroatoms. The lowest BCUT2D eigenvalue weighted by molar-refractivity contribution is -0.387. The first kappa shape index (κ1) is 22.2. The first-order chi connectivity index (χ1) is 14.2. The Labute approximate surface area is 187 Å². The van der Waals surface area contributed by atoms with Gasteiger partial charge in [0.1, 0.15) is 0 Å². The molecule has 0 unspecified atom stereocenters. The van der Waals surface area contributed by atoms with Gasteiger partial charge in [-0.2, -0.15) is 0 Å². The van der Waals surface area contributed by atoms with E-state index in [2.05, 4.69) is 15.3 Å². The molecule has 3 rings (SSSR count). The standard InChI is InChI=1S/C17H15N5O4S4/c1-8-6-28-17(19-8)29-12-4-3-10(5-11(12)22(25)26)14(24)21-16-20-9(2)15(30-16)27-7-13(18)23/h3-6H,7H2,1-2H3,(H2,18,23)(H,20,21,24). The number of nitrogens with two attached hydrogens (primary N) is 1. The zero-order valence-corrected chi connectivity index (χ0v) is 19.0. The van der Waals surface area contributed by atoms with Crippen molar-refractivity contribution in [1.82, 2.24) is 9.97 Å². The minimum absolute atomic E-state index is 0.111. The highest BCUT2D eigenvalue weighted by Crippen LogP contribution is 2.37. The van der Waals surface area contributed by atoms with E-state index in [4.69, 9.17) is 5.73 Å². The number of rotatable bonds is 8. The summed E-state index contributed by atoms with van der Waals surface area (Å²) in [6.45, 7) is 3.60. The molecule has 2 amide bonds. The van der Waals surface area contributed by atoms with E-state index in [1.54, 1.807) is 6.92 Å². The molecule has 3 N–H and O–H groups in total. The topological polar surface area (TPSA) is 141 Å². The molecule has 0 aliphatic carbocycles. The van der Waals surface area contributed by atoms with E-state index in [1.165, 1.54) is 64.4 Å². The number of aryl methyl sites for hydroxylation is 2. The van der Waals surface area contributed by atoms with Crippen molar-refractivity contribution in [3.63, 3.8) is 0 Å². The fourth-order valence-electron chi connectivity index (χ4n) is 2.24. The van der Waals surface area contributed by atoms with Gasteiger partial charge in [-0.3, -0.25) is 25.0 Å². The first-order valence-corrected chi connectivity index (χ1v) is 11.8. The van der Waals surface area contributed by atoms with E-state index >= 15 is 0 Å². The number of thioether (sulfide) groups is 1. The molecule has 0 fully saturated rings. The van der Waals surface area contributed by atoms with E-state index in [0.29, 0.717) is 20.1 Å². The normalized spacial score (nSPS) is 10.7. The van der Waals surface area contributed by atoms with Gasteiger partial charge in [-0.05, 0) is 26.0 Å². The molecule has 0 aliphatic heterocycles. The van der Waals surface area contributed by atoms with Crippen LogP contribution in [0.4, 0.5) is 10.8 Å². The number of thiazole rings is 2. The van der Waals surface area contributed by atoms with E-state index in [0.717, 1.165) is 9.90 Å². The Morgan fingerprint density at radius 3 is 2.70 bits per heavy atom. The Hall–Kier alpha value is -2.48. The van der Waals surface area contributed by atoms with Crippen LogP contribution in [0.2, 0.25) is 0 Å². The minimum atomic E-state index is -0.522. The third-order valence-electron chi connectivity index (χ3n) is 3.53. The summed E-state index contributed by atoms with van der Waals surface area (Å²) in [7, 11) is 0. The van der Waals surface area contributed by atoms with E-state index in [9.17, 15) is 19.7 Å². The molecule has 0 aliphatic rings. The average molecular weight is 482 g/mol. The van der Waals surface area contributed by atoms with E-state index in [-0.39, 0.29) is 17.0 Å². The molecular formula is C17H15N5O4S4. The highest BCUT2D eigenvalue weighted by atomic mass is 32.2. The molecule has 30 heavy (non-hydrogen) atoms. The molecule has 0 saturated heterocycles. The predicted octanol–water partition coefficient (Wildman–Crippen LogP) is 4.11. The lowest BCUT2D eigenvalue weighted by atomic mass is 10.2. The number of nitrogens with one attached hydrogen (secondary N) is 1. The summed E-state index contributed by atoms with van der Waals surface area (Å²) in [5, 5.41) is 16.4. The van der Waals surface area contributed by atoms with Crippen LogP contribution in [0.5, 0.6) is 0 Å². The van der Waals surface area contributed by atoms with Crippen molar-refractivity contribution in [2.75, 3.05) is 11.1 Å². The summed E-state index contributed by atoms with van der Waals surface area (Å²) in [6.07, 6.45) is 0. The van der Waals surface area contributed by atoms with Crippen LogP contribution in [-0.2, 0) is 4.79 Å². The number of aromatic nitrogens is 2. The van der Waals surface area contributed by atoms with Gasteiger partial charge in [-0.1, -0.05) is 23.1 Å². The lowest BCUT2D eigenvalue weighted by Crippen LogP contribution is -2.12. The van der Waals surface area contributed by atoms with Crippen LogP contribution in [0.15, 0.2) is 37.0 Å². The molecule has 0 spiro atoms. The number of primary amides is 1. The van der Waals surface area contributed by atoms with Gasteiger partial charge in [0.2, 0.25) is 5.91 Å².